The molecule has 13 heavy (non-hydrogen) atoms. The van der Waals surface area contributed by atoms with Crippen molar-refractivity contribution in [3.63, 3.8) is 0 Å². The van der Waals surface area contributed by atoms with Crippen molar-refractivity contribution in [2.45, 2.75) is 12.8 Å². The molecule has 0 amide bonds. The van der Waals surface area contributed by atoms with Crippen molar-refractivity contribution < 1.29 is 0 Å². The van der Waals surface area contributed by atoms with Crippen molar-refractivity contribution in [2.75, 3.05) is 13.6 Å². The minimum absolute atomic E-state index is 0.496. The first-order chi connectivity index (χ1) is 6.38. The number of benzene rings is 1. The zero-order valence-electron chi connectivity index (χ0n) is 8.33. The van der Waals surface area contributed by atoms with Gasteiger partial charge in [0.2, 0.25) is 0 Å². The molecule has 1 rings (SSSR count). The fourth-order valence-corrected chi connectivity index (χ4v) is 1.45. The molecule has 0 heterocycles. The van der Waals surface area contributed by atoms with E-state index in [1.807, 2.05) is 7.05 Å². The van der Waals surface area contributed by atoms with Gasteiger partial charge in [0.05, 0.1) is 0 Å². The summed E-state index contributed by atoms with van der Waals surface area (Å²) in [5, 5.41) is 3.20. The van der Waals surface area contributed by atoms with E-state index in [1.54, 1.807) is 0 Å². The van der Waals surface area contributed by atoms with Gasteiger partial charge in [0.1, 0.15) is 0 Å². The van der Waals surface area contributed by atoms with Crippen LogP contribution in [0.1, 0.15) is 18.4 Å². The molecule has 0 bridgehead atoms. The highest BCUT2D eigenvalue weighted by molar-refractivity contribution is 5.24. The number of nitrogens with one attached hydrogen (secondary N) is 1. The Morgan fingerprint density at radius 2 is 2.00 bits per heavy atom. The molecule has 0 saturated heterocycles. The highest BCUT2D eigenvalue weighted by Gasteiger charge is 2.04. The molecular formula is C12H17N. The maximum atomic E-state index is 3.20. The zero-order chi connectivity index (χ0) is 9.52. The Hall–Kier alpha value is -1.08. The molecule has 0 aliphatic heterocycles. The third kappa shape index (κ3) is 3.03. The Morgan fingerprint density at radius 3 is 2.54 bits per heavy atom. The zero-order valence-corrected chi connectivity index (χ0v) is 8.33. The summed E-state index contributed by atoms with van der Waals surface area (Å²) in [5.74, 6) is 0.496. The molecule has 1 nitrogen and oxygen atoms in total. The van der Waals surface area contributed by atoms with Crippen LogP contribution in [-0.4, -0.2) is 13.6 Å². The number of rotatable bonds is 4. The predicted molar refractivity (Wildman–Crippen MR) is 57.9 cm³/mol. The molecule has 0 saturated carbocycles. The van der Waals surface area contributed by atoms with E-state index < -0.39 is 0 Å². The van der Waals surface area contributed by atoms with Crippen molar-refractivity contribution in [1.82, 2.24) is 5.32 Å². The third-order valence-electron chi connectivity index (χ3n) is 2.08. The molecule has 0 aromatic heterocycles. The first-order valence-electron chi connectivity index (χ1n) is 4.71. The molecule has 1 aromatic rings. The summed E-state index contributed by atoms with van der Waals surface area (Å²) in [6.45, 7) is 3.06. The largest absolute Gasteiger partial charge is 0.319 e. The van der Waals surface area contributed by atoms with Crippen molar-refractivity contribution in [3.8, 4) is 0 Å². The van der Waals surface area contributed by atoms with Crippen LogP contribution in [-0.2, 0) is 0 Å². The molecule has 1 heteroatoms. The molecule has 0 aliphatic rings. The van der Waals surface area contributed by atoms with E-state index in [4.69, 9.17) is 0 Å². The normalized spacial score (nSPS) is 13.4. The minimum atomic E-state index is 0.496. The number of allylic oxidation sites excluding steroid dienone is 1. The Labute approximate surface area is 80.5 Å². The molecule has 1 atom stereocenters. The smallest absolute Gasteiger partial charge is 0.0143 e. The van der Waals surface area contributed by atoms with E-state index in [0.717, 1.165) is 6.54 Å². The first kappa shape index (κ1) is 10.0. The van der Waals surface area contributed by atoms with Crippen LogP contribution in [0, 0.1) is 0 Å². The fourth-order valence-electron chi connectivity index (χ4n) is 1.45. The lowest BCUT2D eigenvalue weighted by Crippen LogP contribution is -2.15. The lowest BCUT2D eigenvalue weighted by atomic mass is 9.99. The van der Waals surface area contributed by atoms with Gasteiger partial charge in [-0.3, -0.25) is 0 Å². The highest BCUT2D eigenvalue weighted by atomic mass is 14.8. The quantitative estimate of drug-likeness (QED) is 0.693. The van der Waals surface area contributed by atoms with Gasteiger partial charge in [0, 0.05) is 12.5 Å². The van der Waals surface area contributed by atoms with Crippen LogP contribution >= 0.6 is 0 Å². The Balaban J connectivity index is 2.76. The standard InChI is InChI=1S/C12H17N/c1-3-7-12(10-13-2)11-8-5-4-6-9-11/h3-9,12-13H,10H2,1-2H3/b7-3-. The predicted octanol–water partition coefficient (Wildman–Crippen LogP) is 2.57. The van der Waals surface area contributed by atoms with Crippen LogP contribution in [0.2, 0.25) is 0 Å². The van der Waals surface area contributed by atoms with Gasteiger partial charge in [-0.05, 0) is 19.5 Å². The van der Waals surface area contributed by atoms with Crippen LogP contribution in [0.25, 0.3) is 0 Å². The van der Waals surface area contributed by atoms with E-state index in [9.17, 15) is 0 Å². The molecule has 1 aromatic carbocycles. The van der Waals surface area contributed by atoms with Crippen molar-refractivity contribution in [1.29, 1.82) is 0 Å². The molecule has 1 N–H and O–H groups in total. The molecule has 70 valence electrons. The molecule has 1 unspecified atom stereocenters. The van der Waals surface area contributed by atoms with Crippen LogP contribution in [0.4, 0.5) is 0 Å². The van der Waals surface area contributed by atoms with E-state index in [1.165, 1.54) is 5.56 Å². The molecule has 0 fully saturated rings. The summed E-state index contributed by atoms with van der Waals surface area (Å²) in [6, 6.07) is 10.6. The van der Waals surface area contributed by atoms with E-state index in [2.05, 4.69) is 54.7 Å². The molecule has 0 radical (unpaired) electrons. The van der Waals surface area contributed by atoms with E-state index >= 15 is 0 Å². The van der Waals surface area contributed by atoms with Gasteiger partial charge in [-0.1, -0.05) is 42.5 Å². The molecule has 0 spiro atoms. The Kier molecular flexibility index (Phi) is 4.27. The first-order valence-corrected chi connectivity index (χ1v) is 4.71. The second-order valence-electron chi connectivity index (χ2n) is 3.10. The summed E-state index contributed by atoms with van der Waals surface area (Å²) in [7, 11) is 1.99. The van der Waals surface area contributed by atoms with Gasteiger partial charge >= 0.3 is 0 Å². The number of hydrogen-bond acceptors (Lipinski definition) is 1. The molecule has 0 aliphatic carbocycles. The third-order valence-corrected chi connectivity index (χ3v) is 2.08. The van der Waals surface area contributed by atoms with Crippen molar-refractivity contribution in [2.24, 2.45) is 0 Å². The van der Waals surface area contributed by atoms with Crippen LogP contribution in [0.15, 0.2) is 42.5 Å². The van der Waals surface area contributed by atoms with Crippen molar-refractivity contribution >= 4 is 0 Å². The fraction of sp³-hybridized carbons (Fsp3) is 0.333. The van der Waals surface area contributed by atoms with Gasteiger partial charge in [-0.15, -0.1) is 0 Å². The summed E-state index contributed by atoms with van der Waals surface area (Å²) in [5.41, 5.74) is 1.37. The maximum absolute atomic E-state index is 3.20. The second kappa shape index (κ2) is 5.55. The van der Waals surface area contributed by atoms with Crippen LogP contribution < -0.4 is 5.32 Å². The SMILES string of the molecule is C/C=C\C(CNC)c1ccccc1. The van der Waals surface area contributed by atoms with Gasteiger partial charge in [-0.2, -0.15) is 0 Å². The molecular weight excluding hydrogens is 158 g/mol. The summed E-state index contributed by atoms with van der Waals surface area (Å²) >= 11 is 0. The van der Waals surface area contributed by atoms with E-state index in [-0.39, 0.29) is 0 Å². The average Bonchev–Trinajstić information content (AvgIpc) is 2.19. The maximum Gasteiger partial charge on any atom is 0.0143 e. The summed E-state index contributed by atoms with van der Waals surface area (Å²) in [4.78, 5) is 0. The van der Waals surface area contributed by atoms with Crippen molar-refractivity contribution in [3.05, 3.63) is 48.0 Å². The van der Waals surface area contributed by atoms with E-state index in [0.29, 0.717) is 5.92 Å². The lowest BCUT2D eigenvalue weighted by molar-refractivity contribution is 0.724. The Morgan fingerprint density at radius 1 is 1.31 bits per heavy atom. The Bertz CT molecular complexity index is 251. The second-order valence-corrected chi connectivity index (χ2v) is 3.10. The number of likely N-dealkylation sites (N-methyl/N-ethyl adjacent to an activating group) is 1. The van der Waals surface area contributed by atoms with Crippen LogP contribution in [0.3, 0.4) is 0 Å². The monoisotopic (exact) mass is 175 g/mol. The van der Waals surface area contributed by atoms with Crippen LogP contribution in [0.5, 0.6) is 0 Å². The highest BCUT2D eigenvalue weighted by Crippen LogP contribution is 2.15. The lowest BCUT2D eigenvalue weighted by Gasteiger charge is -2.11. The summed E-state index contributed by atoms with van der Waals surface area (Å²) in [6.07, 6.45) is 4.33. The van der Waals surface area contributed by atoms with Gasteiger partial charge in [-0.25, -0.2) is 0 Å². The topological polar surface area (TPSA) is 12.0 Å². The van der Waals surface area contributed by atoms with Gasteiger partial charge in [0.25, 0.3) is 0 Å². The summed E-state index contributed by atoms with van der Waals surface area (Å²) < 4.78 is 0. The van der Waals surface area contributed by atoms with Gasteiger partial charge in [0.15, 0.2) is 0 Å². The minimum Gasteiger partial charge on any atom is -0.319 e. The van der Waals surface area contributed by atoms with Gasteiger partial charge < -0.3 is 5.32 Å². The average molecular weight is 175 g/mol. The number of hydrogen-bond donors (Lipinski definition) is 1.